The Bertz CT molecular complexity index is 488. The molecule has 2 rings (SSSR count). The molecule has 0 aromatic carbocycles. The summed E-state index contributed by atoms with van der Waals surface area (Å²) in [6.07, 6.45) is 3.52. The molecule has 3 nitrogen and oxygen atoms in total. The van der Waals surface area contributed by atoms with Gasteiger partial charge in [0.05, 0.1) is 16.9 Å². The Morgan fingerprint density at radius 2 is 2.13 bits per heavy atom. The number of pyridine rings is 1. The minimum absolute atomic E-state index is 0.650. The highest BCUT2D eigenvalue weighted by Crippen LogP contribution is 2.19. The fourth-order valence-electron chi connectivity index (χ4n) is 1.21. The summed E-state index contributed by atoms with van der Waals surface area (Å²) in [5, 5.41) is 4.91. The lowest BCUT2D eigenvalue weighted by Gasteiger charge is -2.02. The molecule has 0 unspecified atom stereocenters. The minimum atomic E-state index is 0.650. The number of aromatic nitrogens is 3. The van der Waals surface area contributed by atoms with Crippen molar-refractivity contribution in [3.8, 4) is 5.82 Å². The van der Waals surface area contributed by atoms with Crippen LogP contribution in [0.1, 0.15) is 11.3 Å². The monoisotopic (exact) mass is 285 g/mol. The molecule has 0 N–H and O–H groups in total. The first-order valence-corrected chi connectivity index (χ1v) is 5.59. The lowest BCUT2D eigenvalue weighted by atomic mass is 10.3. The Hall–Kier alpha value is -0.870. The first-order valence-electron chi connectivity index (χ1n) is 4.42. The highest BCUT2D eigenvalue weighted by molar-refractivity contribution is 9.10. The summed E-state index contributed by atoms with van der Waals surface area (Å²) in [6, 6.07) is 1.95. The standard InChI is InChI=1S/C10H9BrClN3/c1-6-3-10(13-4-8(6)11)15-5-9(12)7(2)14-15/h3-5H,1-2H3. The molecule has 0 spiro atoms. The smallest absolute Gasteiger partial charge is 0.153 e. The van der Waals surface area contributed by atoms with Gasteiger partial charge >= 0.3 is 0 Å². The average molecular weight is 287 g/mol. The van der Waals surface area contributed by atoms with Crippen LogP contribution in [0.2, 0.25) is 5.02 Å². The van der Waals surface area contributed by atoms with Gasteiger partial charge < -0.3 is 0 Å². The quantitative estimate of drug-likeness (QED) is 0.805. The SMILES string of the molecule is Cc1cc(-n2cc(Cl)c(C)n2)ncc1Br. The summed E-state index contributed by atoms with van der Waals surface area (Å²) in [7, 11) is 0. The van der Waals surface area contributed by atoms with Crippen LogP contribution in [0.3, 0.4) is 0 Å². The third-order valence-corrected chi connectivity index (χ3v) is 3.31. The van der Waals surface area contributed by atoms with E-state index in [4.69, 9.17) is 11.6 Å². The van der Waals surface area contributed by atoms with Crippen LogP contribution >= 0.6 is 27.5 Å². The van der Waals surface area contributed by atoms with Crippen molar-refractivity contribution in [1.82, 2.24) is 14.8 Å². The van der Waals surface area contributed by atoms with E-state index in [9.17, 15) is 0 Å². The van der Waals surface area contributed by atoms with Crippen molar-refractivity contribution < 1.29 is 0 Å². The zero-order valence-corrected chi connectivity index (χ0v) is 10.7. The summed E-state index contributed by atoms with van der Waals surface area (Å²) in [5.74, 6) is 0.769. The van der Waals surface area contributed by atoms with E-state index in [1.807, 2.05) is 19.9 Å². The van der Waals surface area contributed by atoms with E-state index < -0.39 is 0 Å². The zero-order valence-electron chi connectivity index (χ0n) is 8.33. The molecule has 0 saturated heterocycles. The van der Waals surface area contributed by atoms with Gasteiger partial charge in [0.1, 0.15) is 0 Å². The average Bonchev–Trinajstić information content (AvgIpc) is 2.52. The molecule has 0 atom stereocenters. The first-order chi connectivity index (χ1) is 7.08. The van der Waals surface area contributed by atoms with Crippen LogP contribution in [0.4, 0.5) is 0 Å². The van der Waals surface area contributed by atoms with Gasteiger partial charge in [-0.2, -0.15) is 5.10 Å². The molecule has 2 heterocycles. The highest BCUT2D eigenvalue weighted by Gasteiger charge is 2.05. The molecule has 0 aliphatic carbocycles. The van der Waals surface area contributed by atoms with Gasteiger partial charge in [-0.15, -0.1) is 0 Å². The largest absolute Gasteiger partial charge is 0.236 e. The predicted molar refractivity (Wildman–Crippen MR) is 63.5 cm³/mol. The second-order valence-electron chi connectivity index (χ2n) is 3.30. The molecule has 5 heteroatoms. The van der Waals surface area contributed by atoms with Gasteiger partial charge in [-0.1, -0.05) is 11.6 Å². The van der Waals surface area contributed by atoms with E-state index in [0.717, 1.165) is 21.5 Å². The highest BCUT2D eigenvalue weighted by atomic mass is 79.9. The van der Waals surface area contributed by atoms with Gasteiger partial charge in [0.25, 0.3) is 0 Å². The Balaban J connectivity index is 2.49. The van der Waals surface area contributed by atoms with Gasteiger partial charge in [-0.3, -0.25) is 0 Å². The molecule has 0 aliphatic rings. The number of nitrogens with zero attached hydrogens (tertiary/aromatic N) is 3. The second kappa shape index (κ2) is 3.94. The molecule has 0 amide bonds. The van der Waals surface area contributed by atoms with Crippen molar-refractivity contribution in [2.45, 2.75) is 13.8 Å². The predicted octanol–water partition coefficient (Wildman–Crippen LogP) is 3.30. The molecule has 78 valence electrons. The molecular weight excluding hydrogens is 277 g/mol. The maximum atomic E-state index is 5.93. The summed E-state index contributed by atoms with van der Waals surface area (Å²) < 4.78 is 2.66. The van der Waals surface area contributed by atoms with Gasteiger partial charge in [-0.25, -0.2) is 9.67 Å². The Kier molecular flexibility index (Phi) is 2.80. The van der Waals surface area contributed by atoms with Crippen molar-refractivity contribution in [3.63, 3.8) is 0 Å². The molecule has 2 aromatic rings. The summed E-state index contributed by atoms with van der Waals surface area (Å²) in [4.78, 5) is 4.26. The number of aryl methyl sites for hydroxylation is 2. The number of rotatable bonds is 1. The van der Waals surface area contributed by atoms with Crippen LogP contribution in [0.25, 0.3) is 5.82 Å². The van der Waals surface area contributed by atoms with Gasteiger partial charge in [-0.05, 0) is 41.4 Å². The first kappa shape index (κ1) is 10.6. The van der Waals surface area contributed by atoms with Crippen LogP contribution in [0.15, 0.2) is 22.9 Å². The van der Waals surface area contributed by atoms with E-state index in [0.29, 0.717) is 5.02 Å². The van der Waals surface area contributed by atoms with Crippen LogP contribution in [0, 0.1) is 13.8 Å². The molecule has 0 fully saturated rings. The van der Waals surface area contributed by atoms with Crippen molar-refractivity contribution in [3.05, 3.63) is 39.2 Å². The Morgan fingerprint density at radius 3 is 2.67 bits per heavy atom. The van der Waals surface area contributed by atoms with E-state index in [1.165, 1.54) is 0 Å². The number of hydrogen-bond acceptors (Lipinski definition) is 2. The Morgan fingerprint density at radius 1 is 1.40 bits per heavy atom. The normalized spacial score (nSPS) is 10.7. The van der Waals surface area contributed by atoms with Crippen molar-refractivity contribution in [2.75, 3.05) is 0 Å². The zero-order chi connectivity index (χ0) is 11.0. The van der Waals surface area contributed by atoms with Crippen molar-refractivity contribution in [1.29, 1.82) is 0 Å². The number of halogens is 2. The third kappa shape index (κ3) is 2.06. The maximum absolute atomic E-state index is 5.93. The van der Waals surface area contributed by atoms with E-state index in [-0.39, 0.29) is 0 Å². The summed E-state index contributed by atoms with van der Waals surface area (Å²) in [6.45, 7) is 3.87. The lowest BCUT2D eigenvalue weighted by molar-refractivity contribution is 0.830. The van der Waals surface area contributed by atoms with Gasteiger partial charge in [0.2, 0.25) is 0 Å². The van der Waals surface area contributed by atoms with Crippen LogP contribution in [0.5, 0.6) is 0 Å². The third-order valence-electron chi connectivity index (χ3n) is 2.11. The summed E-state index contributed by atoms with van der Waals surface area (Å²) >= 11 is 9.33. The molecule has 0 aliphatic heterocycles. The van der Waals surface area contributed by atoms with Gasteiger partial charge in [0.15, 0.2) is 5.82 Å². The molecule has 15 heavy (non-hydrogen) atoms. The van der Waals surface area contributed by atoms with E-state index in [1.54, 1.807) is 17.1 Å². The van der Waals surface area contributed by atoms with Gasteiger partial charge in [0, 0.05) is 10.7 Å². The molecule has 2 aromatic heterocycles. The van der Waals surface area contributed by atoms with Crippen molar-refractivity contribution >= 4 is 27.5 Å². The Labute approximate surface area is 101 Å². The van der Waals surface area contributed by atoms with E-state index >= 15 is 0 Å². The minimum Gasteiger partial charge on any atom is -0.236 e. The molecule has 0 bridgehead atoms. The fourth-order valence-corrected chi connectivity index (χ4v) is 1.55. The lowest BCUT2D eigenvalue weighted by Crippen LogP contribution is -1.98. The molecule has 0 radical (unpaired) electrons. The molecule has 0 saturated carbocycles. The maximum Gasteiger partial charge on any atom is 0.153 e. The van der Waals surface area contributed by atoms with E-state index in [2.05, 4.69) is 26.0 Å². The van der Waals surface area contributed by atoms with Crippen molar-refractivity contribution in [2.24, 2.45) is 0 Å². The fraction of sp³-hybridized carbons (Fsp3) is 0.200. The second-order valence-corrected chi connectivity index (χ2v) is 4.56. The topological polar surface area (TPSA) is 30.7 Å². The molecular formula is C10H9BrClN3. The summed E-state index contributed by atoms with van der Waals surface area (Å²) in [5.41, 5.74) is 1.92. The van der Waals surface area contributed by atoms with Crippen LogP contribution < -0.4 is 0 Å². The van der Waals surface area contributed by atoms with Crippen LogP contribution in [-0.4, -0.2) is 14.8 Å². The van der Waals surface area contributed by atoms with Crippen LogP contribution in [-0.2, 0) is 0 Å². The number of hydrogen-bond donors (Lipinski definition) is 0.